The number of aliphatic imine (C=N–C) groups is 1. The van der Waals surface area contributed by atoms with Gasteiger partial charge in [-0.05, 0) is 30.4 Å². The Kier molecular flexibility index (Phi) is 6.06. The standard InChI is InChI=1S/C20H28N6O2/c1-21-20(26-9-7-25(8-10-26)14-18-5-11-28-24-18)23-13-17-4-6-22-19(12-17)27-15-16-2-3-16/h4-6,11-12,16H,2-3,7-10,13-15H2,1H3,(H,21,23). The van der Waals surface area contributed by atoms with E-state index in [1.54, 1.807) is 6.26 Å². The van der Waals surface area contributed by atoms with Crippen molar-refractivity contribution in [3.63, 3.8) is 0 Å². The van der Waals surface area contributed by atoms with Gasteiger partial charge in [-0.1, -0.05) is 5.16 Å². The van der Waals surface area contributed by atoms with Gasteiger partial charge in [0.05, 0.1) is 12.3 Å². The lowest BCUT2D eigenvalue weighted by molar-refractivity contribution is 0.169. The molecule has 1 saturated heterocycles. The van der Waals surface area contributed by atoms with E-state index in [2.05, 4.69) is 30.2 Å². The minimum absolute atomic E-state index is 0.703. The Morgan fingerprint density at radius 1 is 1.29 bits per heavy atom. The fraction of sp³-hybridized carbons (Fsp3) is 0.550. The van der Waals surface area contributed by atoms with Crippen LogP contribution in [0.4, 0.5) is 0 Å². The van der Waals surface area contributed by atoms with E-state index in [0.29, 0.717) is 12.4 Å². The largest absolute Gasteiger partial charge is 0.477 e. The number of hydrogen-bond acceptors (Lipinski definition) is 6. The van der Waals surface area contributed by atoms with Gasteiger partial charge in [-0.2, -0.15) is 0 Å². The normalized spacial score (nSPS) is 18.3. The molecule has 0 bridgehead atoms. The van der Waals surface area contributed by atoms with Crippen LogP contribution in [0, 0.1) is 5.92 Å². The van der Waals surface area contributed by atoms with Crippen LogP contribution >= 0.6 is 0 Å². The summed E-state index contributed by atoms with van der Waals surface area (Å²) in [6.45, 7) is 6.13. The van der Waals surface area contributed by atoms with Crippen molar-refractivity contribution in [1.29, 1.82) is 0 Å². The predicted octanol–water partition coefficient (Wildman–Crippen LogP) is 1.75. The number of pyridine rings is 1. The number of guanidine groups is 1. The Bertz CT molecular complexity index is 767. The number of aromatic nitrogens is 2. The van der Waals surface area contributed by atoms with Crippen LogP contribution in [0.2, 0.25) is 0 Å². The maximum Gasteiger partial charge on any atom is 0.213 e. The zero-order chi connectivity index (χ0) is 19.2. The SMILES string of the molecule is CN=C(NCc1ccnc(OCC2CC2)c1)N1CCN(Cc2ccon2)CC1. The van der Waals surface area contributed by atoms with Crippen LogP contribution in [-0.2, 0) is 13.1 Å². The summed E-state index contributed by atoms with van der Waals surface area (Å²) in [6.07, 6.45) is 6.00. The highest BCUT2D eigenvalue weighted by Gasteiger charge is 2.22. The quantitative estimate of drug-likeness (QED) is 0.575. The lowest BCUT2D eigenvalue weighted by Gasteiger charge is -2.36. The van der Waals surface area contributed by atoms with Crippen molar-refractivity contribution in [2.45, 2.75) is 25.9 Å². The first-order valence-electron chi connectivity index (χ1n) is 9.95. The first kappa shape index (κ1) is 18.7. The lowest BCUT2D eigenvalue weighted by atomic mass is 10.2. The summed E-state index contributed by atoms with van der Waals surface area (Å²) < 4.78 is 10.7. The van der Waals surface area contributed by atoms with E-state index in [0.717, 1.165) is 62.5 Å². The molecule has 0 spiro atoms. The highest BCUT2D eigenvalue weighted by Crippen LogP contribution is 2.29. The third kappa shape index (κ3) is 5.22. The molecule has 4 rings (SSSR count). The average molecular weight is 384 g/mol. The average Bonchev–Trinajstić information content (AvgIpc) is 3.43. The van der Waals surface area contributed by atoms with Crippen molar-refractivity contribution in [2.24, 2.45) is 10.9 Å². The summed E-state index contributed by atoms with van der Waals surface area (Å²) in [5.74, 6) is 2.37. The molecule has 0 unspecified atom stereocenters. The summed E-state index contributed by atoms with van der Waals surface area (Å²) >= 11 is 0. The van der Waals surface area contributed by atoms with Gasteiger partial charge in [0.2, 0.25) is 5.88 Å². The molecule has 2 aliphatic rings. The molecule has 150 valence electrons. The van der Waals surface area contributed by atoms with Crippen molar-refractivity contribution in [3.05, 3.63) is 41.9 Å². The maximum atomic E-state index is 5.78. The molecule has 0 atom stereocenters. The van der Waals surface area contributed by atoms with Crippen LogP contribution in [0.1, 0.15) is 24.1 Å². The summed E-state index contributed by atoms with van der Waals surface area (Å²) in [6, 6.07) is 5.95. The van der Waals surface area contributed by atoms with Gasteiger partial charge in [0, 0.05) is 64.6 Å². The van der Waals surface area contributed by atoms with Gasteiger partial charge in [0.1, 0.15) is 6.26 Å². The monoisotopic (exact) mass is 384 g/mol. The van der Waals surface area contributed by atoms with Crippen molar-refractivity contribution >= 4 is 5.96 Å². The summed E-state index contributed by atoms with van der Waals surface area (Å²) in [7, 11) is 1.83. The second-order valence-corrected chi connectivity index (χ2v) is 7.41. The van der Waals surface area contributed by atoms with Crippen LogP contribution in [0.3, 0.4) is 0 Å². The van der Waals surface area contributed by atoms with E-state index >= 15 is 0 Å². The van der Waals surface area contributed by atoms with Gasteiger partial charge in [-0.25, -0.2) is 4.98 Å². The molecule has 8 heteroatoms. The summed E-state index contributed by atoms with van der Waals surface area (Å²) in [5, 5.41) is 7.46. The Balaban J connectivity index is 1.24. The highest BCUT2D eigenvalue weighted by molar-refractivity contribution is 5.80. The van der Waals surface area contributed by atoms with Crippen molar-refractivity contribution in [2.75, 3.05) is 39.8 Å². The van der Waals surface area contributed by atoms with Gasteiger partial charge in [0.25, 0.3) is 0 Å². The van der Waals surface area contributed by atoms with Crippen LogP contribution in [-0.4, -0.2) is 65.7 Å². The Hall–Kier alpha value is -2.61. The molecule has 28 heavy (non-hydrogen) atoms. The maximum absolute atomic E-state index is 5.78. The molecule has 1 aliphatic heterocycles. The molecule has 2 aromatic heterocycles. The third-order valence-corrected chi connectivity index (χ3v) is 5.17. The van der Waals surface area contributed by atoms with Crippen LogP contribution in [0.15, 0.2) is 40.2 Å². The smallest absolute Gasteiger partial charge is 0.213 e. The predicted molar refractivity (Wildman–Crippen MR) is 106 cm³/mol. The summed E-state index contributed by atoms with van der Waals surface area (Å²) in [5.41, 5.74) is 2.12. The van der Waals surface area contributed by atoms with Gasteiger partial charge in [-0.15, -0.1) is 0 Å². The Morgan fingerprint density at radius 3 is 2.86 bits per heavy atom. The fourth-order valence-corrected chi connectivity index (χ4v) is 3.31. The lowest BCUT2D eigenvalue weighted by Crippen LogP contribution is -2.52. The number of hydrogen-bond donors (Lipinski definition) is 1. The molecule has 0 radical (unpaired) electrons. The van der Waals surface area contributed by atoms with E-state index < -0.39 is 0 Å². The molecular formula is C20H28N6O2. The molecule has 1 aliphatic carbocycles. The molecule has 8 nitrogen and oxygen atoms in total. The zero-order valence-corrected chi connectivity index (χ0v) is 16.4. The van der Waals surface area contributed by atoms with Gasteiger partial charge < -0.3 is 19.5 Å². The van der Waals surface area contributed by atoms with E-state index in [1.807, 2.05) is 31.4 Å². The molecular weight excluding hydrogens is 356 g/mol. The second-order valence-electron chi connectivity index (χ2n) is 7.41. The Labute approximate surface area is 165 Å². The van der Waals surface area contributed by atoms with E-state index in [1.165, 1.54) is 12.8 Å². The van der Waals surface area contributed by atoms with Crippen LogP contribution < -0.4 is 10.1 Å². The minimum Gasteiger partial charge on any atom is -0.477 e. The molecule has 0 amide bonds. The first-order chi connectivity index (χ1) is 13.8. The Morgan fingerprint density at radius 2 is 2.14 bits per heavy atom. The van der Waals surface area contributed by atoms with Gasteiger partial charge >= 0.3 is 0 Å². The number of ether oxygens (including phenoxy) is 1. The number of piperazine rings is 1. The zero-order valence-electron chi connectivity index (χ0n) is 16.4. The van der Waals surface area contributed by atoms with E-state index in [9.17, 15) is 0 Å². The molecule has 2 fully saturated rings. The van der Waals surface area contributed by atoms with E-state index in [4.69, 9.17) is 9.26 Å². The molecule has 1 saturated carbocycles. The number of nitrogens with zero attached hydrogens (tertiary/aromatic N) is 5. The van der Waals surface area contributed by atoms with Crippen LogP contribution in [0.25, 0.3) is 0 Å². The molecule has 3 heterocycles. The third-order valence-electron chi connectivity index (χ3n) is 5.17. The first-order valence-corrected chi connectivity index (χ1v) is 9.95. The topological polar surface area (TPSA) is 79.0 Å². The molecule has 1 N–H and O–H groups in total. The number of rotatable bonds is 7. The van der Waals surface area contributed by atoms with Crippen molar-refractivity contribution in [3.8, 4) is 5.88 Å². The number of nitrogens with one attached hydrogen (secondary N) is 1. The fourth-order valence-electron chi connectivity index (χ4n) is 3.31. The van der Waals surface area contributed by atoms with Crippen LogP contribution in [0.5, 0.6) is 5.88 Å². The van der Waals surface area contributed by atoms with Gasteiger partial charge in [-0.3, -0.25) is 9.89 Å². The highest BCUT2D eigenvalue weighted by atomic mass is 16.5. The van der Waals surface area contributed by atoms with Gasteiger partial charge in [0.15, 0.2) is 5.96 Å². The molecule has 0 aromatic carbocycles. The van der Waals surface area contributed by atoms with E-state index in [-0.39, 0.29) is 0 Å². The minimum atomic E-state index is 0.703. The van der Waals surface area contributed by atoms with Crippen molar-refractivity contribution < 1.29 is 9.26 Å². The summed E-state index contributed by atoms with van der Waals surface area (Å²) in [4.78, 5) is 13.4. The van der Waals surface area contributed by atoms with Crippen molar-refractivity contribution in [1.82, 2.24) is 25.3 Å². The molecule has 2 aromatic rings. The second kappa shape index (κ2) is 9.05.